The van der Waals surface area contributed by atoms with Gasteiger partial charge in [0.2, 0.25) is 0 Å². The van der Waals surface area contributed by atoms with Crippen LogP contribution in [0.3, 0.4) is 0 Å². The van der Waals surface area contributed by atoms with Gasteiger partial charge in [0.15, 0.2) is 0 Å². The molecule has 0 bridgehead atoms. The summed E-state index contributed by atoms with van der Waals surface area (Å²) in [5.41, 5.74) is 1.74. The molecule has 1 spiro atoms. The highest BCUT2D eigenvalue weighted by Crippen LogP contribution is 2.39. The molecule has 0 unspecified atom stereocenters. The first-order valence-electron chi connectivity index (χ1n) is 7.04. The molecule has 0 aromatic heterocycles. The standard InChI is InChI=1S/C15H20BrFN2.ClH/c16-13-9-12(1-2-14(13)17)10-19-8-5-15(11-19)3-6-18-7-4-15;/h1-2,9,18H,3-8,10-11H2;1H. The molecule has 0 amide bonds. The van der Waals surface area contributed by atoms with Gasteiger partial charge in [-0.25, -0.2) is 4.39 Å². The lowest BCUT2D eigenvalue weighted by Gasteiger charge is -2.33. The van der Waals surface area contributed by atoms with Crippen LogP contribution in [0.4, 0.5) is 4.39 Å². The first-order valence-corrected chi connectivity index (χ1v) is 7.83. The van der Waals surface area contributed by atoms with Crippen molar-refractivity contribution in [2.45, 2.75) is 25.8 Å². The molecule has 0 atom stereocenters. The Morgan fingerprint density at radius 1 is 1.25 bits per heavy atom. The van der Waals surface area contributed by atoms with Gasteiger partial charge >= 0.3 is 0 Å². The van der Waals surface area contributed by atoms with E-state index in [2.05, 4.69) is 26.1 Å². The molecular weight excluding hydrogens is 343 g/mol. The van der Waals surface area contributed by atoms with Crippen LogP contribution in [0.1, 0.15) is 24.8 Å². The fourth-order valence-corrected chi connectivity index (χ4v) is 3.85. The van der Waals surface area contributed by atoms with Crippen LogP contribution in [0.2, 0.25) is 0 Å². The van der Waals surface area contributed by atoms with Gasteiger partial charge in [0.25, 0.3) is 0 Å². The molecule has 5 heteroatoms. The summed E-state index contributed by atoms with van der Waals surface area (Å²) in [5.74, 6) is -0.181. The highest BCUT2D eigenvalue weighted by atomic mass is 79.9. The first-order chi connectivity index (χ1) is 9.17. The van der Waals surface area contributed by atoms with Crippen LogP contribution in [-0.4, -0.2) is 31.1 Å². The van der Waals surface area contributed by atoms with Crippen molar-refractivity contribution in [2.24, 2.45) is 5.41 Å². The van der Waals surface area contributed by atoms with E-state index in [1.165, 1.54) is 37.9 Å². The van der Waals surface area contributed by atoms with Gasteiger partial charge in [0, 0.05) is 13.1 Å². The lowest BCUT2D eigenvalue weighted by atomic mass is 9.78. The summed E-state index contributed by atoms with van der Waals surface area (Å²) in [5, 5.41) is 3.45. The number of nitrogens with zero attached hydrogens (tertiary/aromatic N) is 1. The topological polar surface area (TPSA) is 15.3 Å². The number of piperidine rings is 1. The Bertz CT molecular complexity index is 463. The number of likely N-dealkylation sites (tertiary alicyclic amines) is 1. The van der Waals surface area contributed by atoms with E-state index in [0.717, 1.165) is 19.6 Å². The smallest absolute Gasteiger partial charge is 0.137 e. The molecule has 2 aliphatic rings. The summed E-state index contributed by atoms with van der Waals surface area (Å²) in [4.78, 5) is 2.52. The van der Waals surface area contributed by atoms with Gasteiger partial charge in [-0.05, 0) is 77.9 Å². The maximum atomic E-state index is 13.2. The predicted octanol–water partition coefficient (Wildman–Crippen LogP) is 3.59. The largest absolute Gasteiger partial charge is 0.317 e. The van der Waals surface area contributed by atoms with Crippen LogP contribution >= 0.6 is 28.3 Å². The van der Waals surface area contributed by atoms with Crippen molar-refractivity contribution < 1.29 is 4.39 Å². The molecule has 0 saturated carbocycles. The molecule has 1 aromatic carbocycles. The van der Waals surface area contributed by atoms with Crippen LogP contribution in [-0.2, 0) is 6.54 Å². The molecule has 1 aromatic rings. The number of halogens is 3. The summed E-state index contributed by atoms with van der Waals surface area (Å²) in [7, 11) is 0. The van der Waals surface area contributed by atoms with Gasteiger partial charge in [-0.15, -0.1) is 12.4 Å². The Hall–Kier alpha value is -0.160. The van der Waals surface area contributed by atoms with E-state index in [1.807, 2.05) is 12.1 Å². The number of benzene rings is 1. The summed E-state index contributed by atoms with van der Waals surface area (Å²) in [6.07, 6.45) is 3.92. The van der Waals surface area contributed by atoms with Gasteiger partial charge in [0.05, 0.1) is 4.47 Å². The van der Waals surface area contributed by atoms with Crippen LogP contribution in [0.15, 0.2) is 22.7 Å². The SMILES string of the molecule is Cl.Fc1ccc(CN2CCC3(CCNCC3)C2)cc1Br. The average molecular weight is 364 g/mol. The number of hydrogen-bond acceptors (Lipinski definition) is 2. The van der Waals surface area contributed by atoms with E-state index in [4.69, 9.17) is 0 Å². The second-order valence-electron chi connectivity index (χ2n) is 5.96. The van der Waals surface area contributed by atoms with Crippen LogP contribution in [0, 0.1) is 11.2 Å². The number of hydrogen-bond donors (Lipinski definition) is 1. The molecule has 3 rings (SSSR count). The number of nitrogens with one attached hydrogen (secondary N) is 1. The molecular formula is C15H21BrClFN2. The minimum absolute atomic E-state index is 0. The van der Waals surface area contributed by atoms with E-state index < -0.39 is 0 Å². The Balaban J connectivity index is 0.00000147. The van der Waals surface area contributed by atoms with E-state index in [0.29, 0.717) is 9.89 Å². The maximum Gasteiger partial charge on any atom is 0.137 e. The third-order valence-corrected chi connectivity index (χ3v) is 5.18. The van der Waals surface area contributed by atoms with E-state index in [-0.39, 0.29) is 18.2 Å². The van der Waals surface area contributed by atoms with Crippen molar-refractivity contribution in [2.75, 3.05) is 26.2 Å². The molecule has 20 heavy (non-hydrogen) atoms. The highest BCUT2D eigenvalue weighted by Gasteiger charge is 2.38. The lowest BCUT2D eigenvalue weighted by molar-refractivity contribution is 0.194. The second-order valence-corrected chi connectivity index (χ2v) is 6.81. The van der Waals surface area contributed by atoms with Crippen molar-refractivity contribution in [1.29, 1.82) is 0 Å². The average Bonchev–Trinajstić information content (AvgIpc) is 2.78. The second kappa shape index (κ2) is 6.73. The molecule has 1 N–H and O–H groups in total. The van der Waals surface area contributed by atoms with E-state index >= 15 is 0 Å². The van der Waals surface area contributed by atoms with Gasteiger partial charge in [-0.2, -0.15) is 0 Å². The van der Waals surface area contributed by atoms with Gasteiger partial charge in [0.1, 0.15) is 5.82 Å². The quantitative estimate of drug-likeness (QED) is 0.864. The lowest BCUT2D eigenvalue weighted by Crippen LogP contribution is -2.38. The van der Waals surface area contributed by atoms with Crippen molar-refractivity contribution >= 4 is 28.3 Å². The van der Waals surface area contributed by atoms with E-state index in [1.54, 1.807) is 6.07 Å². The fraction of sp³-hybridized carbons (Fsp3) is 0.600. The van der Waals surface area contributed by atoms with Crippen LogP contribution < -0.4 is 5.32 Å². The Morgan fingerprint density at radius 3 is 2.70 bits per heavy atom. The zero-order valence-electron chi connectivity index (χ0n) is 11.5. The van der Waals surface area contributed by atoms with Crippen molar-refractivity contribution in [3.63, 3.8) is 0 Å². The molecule has 2 fully saturated rings. The first kappa shape index (κ1) is 16.2. The Kier molecular flexibility index (Phi) is 5.46. The Morgan fingerprint density at radius 2 is 2.00 bits per heavy atom. The van der Waals surface area contributed by atoms with Crippen LogP contribution in [0.5, 0.6) is 0 Å². The zero-order valence-corrected chi connectivity index (χ0v) is 13.9. The van der Waals surface area contributed by atoms with Gasteiger partial charge in [-0.3, -0.25) is 4.90 Å². The zero-order chi connectivity index (χ0) is 13.3. The van der Waals surface area contributed by atoms with E-state index in [9.17, 15) is 4.39 Å². The number of rotatable bonds is 2. The van der Waals surface area contributed by atoms with Gasteiger partial charge < -0.3 is 5.32 Å². The fourth-order valence-electron chi connectivity index (χ4n) is 3.42. The Labute approximate surface area is 134 Å². The molecule has 2 nitrogen and oxygen atoms in total. The normalized spacial score (nSPS) is 21.9. The summed E-state index contributed by atoms with van der Waals surface area (Å²) in [6, 6.07) is 5.35. The monoisotopic (exact) mass is 362 g/mol. The predicted molar refractivity (Wildman–Crippen MR) is 85.8 cm³/mol. The molecule has 2 saturated heterocycles. The molecule has 2 heterocycles. The summed E-state index contributed by atoms with van der Waals surface area (Å²) < 4.78 is 13.8. The highest BCUT2D eigenvalue weighted by molar-refractivity contribution is 9.10. The van der Waals surface area contributed by atoms with Crippen molar-refractivity contribution in [3.8, 4) is 0 Å². The third kappa shape index (κ3) is 3.53. The molecule has 2 aliphatic heterocycles. The van der Waals surface area contributed by atoms with Crippen LogP contribution in [0.25, 0.3) is 0 Å². The molecule has 0 radical (unpaired) electrons. The van der Waals surface area contributed by atoms with Crippen molar-refractivity contribution in [3.05, 3.63) is 34.1 Å². The minimum atomic E-state index is -0.181. The molecule has 0 aliphatic carbocycles. The molecule has 112 valence electrons. The maximum absolute atomic E-state index is 13.2. The van der Waals surface area contributed by atoms with Crippen molar-refractivity contribution in [1.82, 2.24) is 10.2 Å². The summed E-state index contributed by atoms with van der Waals surface area (Å²) in [6.45, 7) is 5.64. The minimum Gasteiger partial charge on any atom is -0.317 e. The summed E-state index contributed by atoms with van der Waals surface area (Å²) >= 11 is 3.26. The third-order valence-electron chi connectivity index (χ3n) is 4.57. The van der Waals surface area contributed by atoms with Gasteiger partial charge in [-0.1, -0.05) is 6.07 Å².